The van der Waals surface area contributed by atoms with Crippen LogP contribution in [0.15, 0.2) is 48.6 Å². The predicted molar refractivity (Wildman–Crippen MR) is 216 cm³/mol. The lowest BCUT2D eigenvalue weighted by atomic mass is 10.1. The molecule has 0 aromatic carbocycles. The summed E-state index contributed by atoms with van der Waals surface area (Å²) in [6.45, 7) is 2.10. The summed E-state index contributed by atoms with van der Waals surface area (Å²) in [4.78, 5) is 34.9. The number of aliphatic hydroxyl groups excluding tert-OH is 3. The summed E-state index contributed by atoms with van der Waals surface area (Å²) in [5.74, 6) is -0.991. The van der Waals surface area contributed by atoms with Crippen molar-refractivity contribution in [2.45, 2.75) is 180 Å². The minimum Gasteiger partial charge on any atom is -0.462 e. The third-order valence-corrected chi connectivity index (χ3v) is 9.50. The Morgan fingerprint density at radius 2 is 1.17 bits per heavy atom. The first kappa shape index (κ1) is 51.9. The van der Waals surface area contributed by atoms with Crippen molar-refractivity contribution < 1.29 is 52.9 Å². The number of hydrogen-bond donors (Lipinski definition) is 4. The molecule has 0 amide bonds. The van der Waals surface area contributed by atoms with E-state index in [1.807, 2.05) is 24.3 Å². The van der Waals surface area contributed by atoms with Crippen LogP contribution >= 0.6 is 7.82 Å². The molecule has 0 aliphatic carbocycles. The first-order chi connectivity index (χ1) is 26.1. The van der Waals surface area contributed by atoms with E-state index in [1.165, 1.54) is 38.5 Å². The summed E-state index contributed by atoms with van der Waals surface area (Å²) in [6, 6.07) is 0. The van der Waals surface area contributed by atoms with Crippen molar-refractivity contribution in [2.24, 2.45) is 0 Å². The van der Waals surface area contributed by atoms with E-state index in [2.05, 4.69) is 36.6 Å². The number of aliphatic hydroxyl groups is 3. The molecule has 4 atom stereocenters. The first-order valence-electron chi connectivity index (χ1n) is 20.7. The lowest BCUT2D eigenvalue weighted by Gasteiger charge is -2.20. The maximum atomic E-state index is 12.6. The summed E-state index contributed by atoms with van der Waals surface area (Å²) < 4.78 is 32.6. The molecule has 0 heterocycles. The molecule has 11 nitrogen and oxygen atoms in total. The second-order valence-corrected chi connectivity index (χ2v) is 15.3. The molecule has 0 spiro atoms. The van der Waals surface area contributed by atoms with E-state index in [0.29, 0.717) is 19.3 Å². The number of ether oxygens (including phenoxy) is 2. The number of hydrogen-bond acceptors (Lipinski definition) is 10. The topological polar surface area (TPSA) is 169 Å². The molecule has 0 rings (SSSR count). The summed E-state index contributed by atoms with van der Waals surface area (Å²) in [7, 11) is -4.64. The van der Waals surface area contributed by atoms with Gasteiger partial charge in [0.05, 0.1) is 25.9 Å². The Hall–Kier alpha value is -2.11. The molecule has 0 aliphatic heterocycles. The summed E-state index contributed by atoms with van der Waals surface area (Å²) in [5.41, 5.74) is 0. The van der Waals surface area contributed by atoms with E-state index in [-0.39, 0.29) is 19.4 Å². The number of carbonyl (C=O) groups is 2. The van der Waals surface area contributed by atoms with E-state index < -0.39 is 57.9 Å². The maximum absolute atomic E-state index is 12.6. The number of allylic oxidation sites excluding steroid dienone is 6. The molecule has 0 radical (unpaired) electrons. The fraction of sp³-hybridized carbons (Fsp3) is 0.762. The molecule has 0 bridgehead atoms. The number of phosphoric acid groups is 1. The Bertz CT molecular complexity index is 1060. The second-order valence-electron chi connectivity index (χ2n) is 13.8. The van der Waals surface area contributed by atoms with Crippen LogP contribution in [-0.2, 0) is 32.7 Å². The summed E-state index contributed by atoms with van der Waals surface area (Å²) in [6.07, 6.45) is 35.5. The van der Waals surface area contributed by atoms with Crippen LogP contribution in [-0.4, -0.2) is 76.9 Å². The molecule has 0 aromatic rings. The highest BCUT2D eigenvalue weighted by atomic mass is 31.2. The van der Waals surface area contributed by atoms with Crippen molar-refractivity contribution in [1.29, 1.82) is 0 Å². The SMILES string of the molecule is CC/C=C/CC(O)/C=C/C=C/CCCCCCCC(=O)OC(COC(=O)CCCCCCC/C=C\CCCCCCCC)COP(=O)(O)OCC(O)CO. The van der Waals surface area contributed by atoms with Crippen LogP contribution in [0.5, 0.6) is 0 Å². The van der Waals surface area contributed by atoms with Gasteiger partial charge in [-0.2, -0.15) is 0 Å². The molecule has 12 heteroatoms. The van der Waals surface area contributed by atoms with Gasteiger partial charge in [-0.1, -0.05) is 133 Å². The zero-order valence-electron chi connectivity index (χ0n) is 33.5. The van der Waals surface area contributed by atoms with E-state index in [1.54, 1.807) is 6.08 Å². The van der Waals surface area contributed by atoms with Crippen LogP contribution in [0, 0.1) is 0 Å². The van der Waals surface area contributed by atoms with Gasteiger partial charge in [0.2, 0.25) is 0 Å². The van der Waals surface area contributed by atoms with Gasteiger partial charge >= 0.3 is 19.8 Å². The predicted octanol–water partition coefficient (Wildman–Crippen LogP) is 9.53. The van der Waals surface area contributed by atoms with Crippen LogP contribution in [0.3, 0.4) is 0 Å². The Morgan fingerprint density at radius 3 is 1.76 bits per heavy atom. The second kappa shape index (κ2) is 37.8. The Kier molecular flexibility index (Phi) is 36.3. The highest BCUT2D eigenvalue weighted by Crippen LogP contribution is 2.43. The largest absolute Gasteiger partial charge is 0.472 e. The van der Waals surface area contributed by atoms with Gasteiger partial charge in [0.15, 0.2) is 6.10 Å². The van der Waals surface area contributed by atoms with E-state index >= 15 is 0 Å². The molecule has 0 aromatic heterocycles. The smallest absolute Gasteiger partial charge is 0.462 e. The highest BCUT2D eigenvalue weighted by Gasteiger charge is 2.27. The molecule has 0 fully saturated rings. The number of rotatable bonds is 38. The first-order valence-corrected chi connectivity index (χ1v) is 22.2. The molecule has 0 saturated carbocycles. The Balaban J connectivity index is 4.41. The van der Waals surface area contributed by atoms with Crippen molar-refractivity contribution >= 4 is 19.8 Å². The highest BCUT2D eigenvalue weighted by molar-refractivity contribution is 7.47. The van der Waals surface area contributed by atoms with Crippen LogP contribution in [0.4, 0.5) is 0 Å². The number of phosphoric ester groups is 1. The standard InChI is InChI=1S/C42H75O11P/c1-3-5-7-8-9-10-11-12-13-14-15-18-21-24-28-32-41(46)50-36-40(37-52-54(48,49)51-35-39(45)34-43)53-42(47)33-29-25-22-19-16-17-20-23-27-31-38(44)30-26-6-4-2/h6,12-13,20,23,26-27,31,38-40,43-45H,3-5,7-11,14-19,21-22,24-25,28-30,32-37H2,1-2H3,(H,48,49)/b13-12-,23-20+,26-6+,31-27+. The van der Waals surface area contributed by atoms with Gasteiger partial charge in [-0.3, -0.25) is 18.6 Å². The minimum atomic E-state index is -4.64. The van der Waals surface area contributed by atoms with Gasteiger partial charge in [0.1, 0.15) is 12.7 Å². The maximum Gasteiger partial charge on any atom is 0.472 e. The molecule has 54 heavy (non-hydrogen) atoms. The van der Waals surface area contributed by atoms with Gasteiger partial charge in [0, 0.05) is 12.8 Å². The van der Waals surface area contributed by atoms with Crippen LogP contribution in [0.25, 0.3) is 0 Å². The average molecular weight is 787 g/mol. The zero-order chi connectivity index (χ0) is 40.0. The molecule has 4 N–H and O–H groups in total. The minimum absolute atomic E-state index is 0.135. The number of esters is 2. The van der Waals surface area contributed by atoms with E-state index in [0.717, 1.165) is 77.0 Å². The quantitative estimate of drug-likeness (QED) is 0.0155. The molecule has 0 saturated heterocycles. The van der Waals surface area contributed by atoms with Gasteiger partial charge in [-0.05, 0) is 64.2 Å². The van der Waals surface area contributed by atoms with Crippen LogP contribution in [0.2, 0.25) is 0 Å². The normalized spacial score (nSPS) is 15.0. The molecule has 0 aliphatic rings. The Labute approximate surface area is 326 Å². The van der Waals surface area contributed by atoms with E-state index in [4.69, 9.17) is 19.1 Å². The number of unbranched alkanes of at least 4 members (excludes halogenated alkanes) is 16. The fourth-order valence-corrected chi connectivity index (χ4v) is 6.11. The van der Waals surface area contributed by atoms with Crippen molar-refractivity contribution in [3.8, 4) is 0 Å². The average Bonchev–Trinajstić information content (AvgIpc) is 3.15. The van der Waals surface area contributed by atoms with Crippen LogP contribution < -0.4 is 0 Å². The van der Waals surface area contributed by atoms with Gasteiger partial charge in [0.25, 0.3) is 0 Å². The number of carbonyl (C=O) groups excluding carboxylic acids is 2. The molecule has 314 valence electrons. The van der Waals surface area contributed by atoms with Gasteiger partial charge < -0.3 is 29.7 Å². The lowest BCUT2D eigenvalue weighted by Crippen LogP contribution is -2.29. The van der Waals surface area contributed by atoms with Crippen molar-refractivity contribution in [3.05, 3.63) is 48.6 Å². The molecular weight excluding hydrogens is 711 g/mol. The summed E-state index contributed by atoms with van der Waals surface area (Å²) in [5, 5.41) is 28.2. The van der Waals surface area contributed by atoms with Gasteiger partial charge in [-0.25, -0.2) is 4.57 Å². The van der Waals surface area contributed by atoms with Gasteiger partial charge in [-0.15, -0.1) is 0 Å². The van der Waals surface area contributed by atoms with E-state index in [9.17, 15) is 29.3 Å². The monoisotopic (exact) mass is 787 g/mol. The summed E-state index contributed by atoms with van der Waals surface area (Å²) >= 11 is 0. The Morgan fingerprint density at radius 1 is 0.630 bits per heavy atom. The third kappa shape index (κ3) is 36.8. The third-order valence-electron chi connectivity index (χ3n) is 8.55. The molecule has 4 unspecified atom stereocenters. The van der Waals surface area contributed by atoms with Crippen LogP contribution in [0.1, 0.15) is 162 Å². The fourth-order valence-electron chi connectivity index (χ4n) is 5.32. The lowest BCUT2D eigenvalue weighted by molar-refractivity contribution is -0.161. The van der Waals surface area contributed by atoms with Crippen molar-refractivity contribution in [3.63, 3.8) is 0 Å². The zero-order valence-corrected chi connectivity index (χ0v) is 34.4. The van der Waals surface area contributed by atoms with Crippen molar-refractivity contribution in [2.75, 3.05) is 26.4 Å². The molecular formula is C42H75O11P. The van der Waals surface area contributed by atoms with Crippen molar-refractivity contribution in [1.82, 2.24) is 0 Å².